The van der Waals surface area contributed by atoms with Crippen LogP contribution in [-0.4, -0.2) is 24.9 Å². The molecule has 0 amide bonds. The van der Waals surface area contributed by atoms with E-state index in [1.165, 1.54) is 5.56 Å². The van der Waals surface area contributed by atoms with Gasteiger partial charge in [-0.15, -0.1) is 0 Å². The molecule has 0 aliphatic carbocycles. The molecule has 230 valence electrons. The summed E-state index contributed by atoms with van der Waals surface area (Å²) in [5.41, 5.74) is 11.1. The Morgan fingerprint density at radius 2 is 0.958 bits per heavy atom. The predicted molar refractivity (Wildman–Crippen MR) is 196 cm³/mol. The second-order valence-corrected chi connectivity index (χ2v) is 12.4. The van der Waals surface area contributed by atoms with Crippen molar-refractivity contribution in [2.24, 2.45) is 0 Å². The molecule has 0 unspecified atom stereocenters. The molecule has 5 aromatic carbocycles. The fourth-order valence-electron chi connectivity index (χ4n) is 6.19. The second kappa shape index (κ2) is 12.3. The number of hydrogen-bond acceptors (Lipinski definition) is 5. The van der Waals surface area contributed by atoms with Gasteiger partial charge >= 0.3 is 0 Å². The highest BCUT2D eigenvalue weighted by molar-refractivity contribution is 6.08. The van der Waals surface area contributed by atoms with Gasteiger partial charge in [0.2, 0.25) is 0 Å². The van der Waals surface area contributed by atoms with E-state index in [0.717, 1.165) is 66.6 Å². The number of fused-ring (bicyclic) bond motifs is 3. The van der Waals surface area contributed by atoms with Crippen LogP contribution >= 0.6 is 0 Å². The van der Waals surface area contributed by atoms with E-state index in [1.54, 1.807) is 0 Å². The van der Waals surface area contributed by atoms with Gasteiger partial charge < -0.3 is 0 Å². The van der Waals surface area contributed by atoms with E-state index in [1.807, 2.05) is 43.3 Å². The van der Waals surface area contributed by atoms with Crippen LogP contribution in [-0.2, 0) is 0 Å². The first-order chi connectivity index (χ1) is 23.5. The lowest BCUT2D eigenvalue weighted by atomic mass is 9.97. The Kier molecular flexibility index (Phi) is 7.50. The smallest absolute Gasteiger partial charge is 0.164 e. The number of hydrogen-bond donors (Lipinski definition) is 0. The van der Waals surface area contributed by atoms with Gasteiger partial charge in [-0.3, -0.25) is 9.97 Å². The van der Waals surface area contributed by atoms with Crippen LogP contribution in [0.3, 0.4) is 0 Å². The molecule has 0 aliphatic heterocycles. The average molecular weight is 620 g/mol. The van der Waals surface area contributed by atoms with Crippen molar-refractivity contribution in [2.45, 2.75) is 26.7 Å². The summed E-state index contributed by atoms with van der Waals surface area (Å²) >= 11 is 0. The van der Waals surface area contributed by atoms with Crippen LogP contribution in [0.2, 0.25) is 0 Å². The van der Waals surface area contributed by atoms with E-state index in [-0.39, 0.29) is 0 Å². The van der Waals surface area contributed by atoms with Crippen LogP contribution < -0.4 is 0 Å². The molecule has 0 fully saturated rings. The zero-order valence-corrected chi connectivity index (χ0v) is 27.1. The van der Waals surface area contributed by atoms with Crippen molar-refractivity contribution < 1.29 is 0 Å². The molecule has 8 rings (SSSR count). The van der Waals surface area contributed by atoms with Gasteiger partial charge in [0.05, 0.1) is 11.0 Å². The fourth-order valence-corrected chi connectivity index (χ4v) is 6.19. The summed E-state index contributed by atoms with van der Waals surface area (Å²) in [4.78, 5) is 25.0. The summed E-state index contributed by atoms with van der Waals surface area (Å²) in [5, 5.41) is 2.16. The third-order valence-electron chi connectivity index (χ3n) is 8.73. The van der Waals surface area contributed by atoms with Crippen LogP contribution in [0.5, 0.6) is 0 Å². The van der Waals surface area contributed by atoms with Gasteiger partial charge in [-0.05, 0) is 53.3 Å². The number of benzene rings is 5. The van der Waals surface area contributed by atoms with Crippen molar-refractivity contribution in [2.75, 3.05) is 0 Å². The molecular formula is C43H33N5. The zero-order valence-electron chi connectivity index (χ0n) is 27.1. The van der Waals surface area contributed by atoms with Crippen molar-refractivity contribution in [3.8, 4) is 56.4 Å². The van der Waals surface area contributed by atoms with Crippen molar-refractivity contribution in [1.82, 2.24) is 24.9 Å². The molecule has 3 heterocycles. The maximum atomic E-state index is 5.05. The highest BCUT2D eigenvalue weighted by Gasteiger charge is 2.16. The van der Waals surface area contributed by atoms with Gasteiger partial charge in [0, 0.05) is 38.9 Å². The quantitative estimate of drug-likeness (QED) is 0.173. The van der Waals surface area contributed by atoms with Crippen molar-refractivity contribution >= 4 is 21.8 Å². The topological polar surface area (TPSA) is 64.5 Å². The lowest BCUT2D eigenvalue weighted by molar-refractivity contribution is 0.830. The highest BCUT2D eigenvalue weighted by atomic mass is 15.0. The summed E-state index contributed by atoms with van der Waals surface area (Å²) in [5.74, 6) is 2.22. The van der Waals surface area contributed by atoms with Gasteiger partial charge in [-0.2, -0.15) is 0 Å². The van der Waals surface area contributed by atoms with Crippen molar-refractivity contribution in [3.05, 3.63) is 151 Å². The monoisotopic (exact) mass is 619 g/mol. The molecule has 0 aliphatic rings. The number of aryl methyl sites for hydroxylation is 1. The largest absolute Gasteiger partial charge is 0.251 e. The molecule has 3 aromatic heterocycles. The summed E-state index contributed by atoms with van der Waals surface area (Å²) < 4.78 is 0. The Bertz CT molecular complexity index is 2420. The minimum Gasteiger partial charge on any atom is -0.251 e. The van der Waals surface area contributed by atoms with Crippen LogP contribution in [0.15, 0.2) is 140 Å². The number of aromatic nitrogens is 5. The van der Waals surface area contributed by atoms with Gasteiger partial charge in [-0.1, -0.05) is 135 Å². The second-order valence-electron chi connectivity index (χ2n) is 12.4. The number of rotatable bonds is 6. The lowest BCUT2D eigenvalue weighted by Crippen LogP contribution is -2.00. The standard InChI is InChI=1S/C43H33N5/c1-27(2)38-24-22-31-21-23-36-37(25-28(3)44-40(36)39(31)45-38)34-15-10-16-35(26-34)43-47-41(32-13-8-5-9-14-32)46-42(48-43)33-19-17-30(18-20-33)29-11-6-4-7-12-29/h4-27H,1-3H3. The maximum absolute atomic E-state index is 5.05. The molecule has 0 atom stereocenters. The summed E-state index contributed by atoms with van der Waals surface area (Å²) in [6, 6.07) is 48.1. The fraction of sp³-hybridized carbons (Fsp3) is 0.0930. The van der Waals surface area contributed by atoms with Crippen LogP contribution in [0, 0.1) is 6.92 Å². The first kappa shape index (κ1) is 29.3. The first-order valence-corrected chi connectivity index (χ1v) is 16.3. The first-order valence-electron chi connectivity index (χ1n) is 16.3. The Labute approximate surface area is 280 Å². The number of nitrogens with zero attached hydrogens (tertiary/aromatic N) is 5. The summed E-state index contributed by atoms with van der Waals surface area (Å²) in [7, 11) is 0. The molecule has 0 radical (unpaired) electrons. The van der Waals surface area contributed by atoms with Gasteiger partial charge in [0.1, 0.15) is 0 Å². The van der Waals surface area contributed by atoms with E-state index in [9.17, 15) is 0 Å². The lowest BCUT2D eigenvalue weighted by Gasteiger charge is -2.13. The third kappa shape index (κ3) is 5.60. The van der Waals surface area contributed by atoms with E-state index in [4.69, 9.17) is 24.9 Å². The van der Waals surface area contributed by atoms with Crippen molar-refractivity contribution in [1.29, 1.82) is 0 Å². The number of pyridine rings is 2. The Balaban J connectivity index is 1.26. The summed E-state index contributed by atoms with van der Waals surface area (Å²) in [6.07, 6.45) is 0. The Morgan fingerprint density at radius 3 is 1.65 bits per heavy atom. The molecule has 0 saturated heterocycles. The molecule has 5 heteroatoms. The van der Waals surface area contributed by atoms with Crippen LogP contribution in [0.4, 0.5) is 0 Å². The predicted octanol–water partition coefficient (Wildman–Crippen LogP) is 10.7. The minimum absolute atomic E-state index is 0.332. The molecule has 48 heavy (non-hydrogen) atoms. The molecule has 8 aromatic rings. The molecule has 0 saturated carbocycles. The van der Waals surface area contributed by atoms with E-state index < -0.39 is 0 Å². The molecule has 5 nitrogen and oxygen atoms in total. The van der Waals surface area contributed by atoms with Crippen LogP contribution in [0.1, 0.15) is 31.2 Å². The maximum Gasteiger partial charge on any atom is 0.164 e. The summed E-state index contributed by atoms with van der Waals surface area (Å²) in [6.45, 7) is 6.39. The average Bonchev–Trinajstić information content (AvgIpc) is 3.15. The Morgan fingerprint density at radius 1 is 0.417 bits per heavy atom. The Hall–Kier alpha value is -6.07. The van der Waals surface area contributed by atoms with Crippen LogP contribution in [0.25, 0.3) is 78.2 Å². The highest BCUT2D eigenvalue weighted by Crippen LogP contribution is 2.35. The van der Waals surface area contributed by atoms with Crippen molar-refractivity contribution in [3.63, 3.8) is 0 Å². The molecular weight excluding hydrogens is 587 g/mol. The molecule has 0 spiro atoms. The normalized spacial score (nSPS) is 11.4. The van der Waals surface area contributed by atoms with E-state index >= 15 is 0 Å². The zero-order chi connectivity index (χ0) is 32.6. The minimum atomic E-state index is 0.332. The van der Waals surface area contributed by atoms with E-state index in [0.29, 0.717) is 23.4 Å². The van der Waals surface area contributed by atoms with Gasteiger partial charge in [-0.25, -0.2) is 15.0 Å². The van der Waals surface area contributed by atoms with Gasteiger partial charge in [0.25, 0.3) is 0 Å². The van der Waals surface area contributed by atoms with E-state index in [2.05, 4.69) is 117 Å². The molecule has 0 bridgehead atoms. The molecule has 0 N–H and O–H groups in total. The van der Waals surface area contributed by atoms with Gasteiger partial charge in [0.15, 0.2) is 17.5 Å². The SMILES string of the molecule is Cc1cc(-c2cccc(-c3nc(-c4ccccc4)nc(-c4ccc(-c5ccccc5)cc4)n3)c2)c2ccc3ccc(C(C)C)nc3c2n1. The third-order valence-corrected chi connectivity index (χ3v) is 8.73.